The van der Waals surface area contributed by atoms with E-state index in [1.807, 2.05) is 0 Å². The molecule has 2 rings (SSSR count). The molecule has 20 heavy (non-hydrogen) atoms. The highest BCUT2D eigenvalue weighted by atomic mass is 35.5. The SMILES string of the molecule is C=CCN(c1cccc(Cl)c1Cl)S(=O)(=O)c1cccs1. The molecule has 7 heteroatoms. The largest absolute Gasteiger partial charge is 0.274 e. The molecular formula is C13H11Cl2NO2S2. The highest BCUT2D eigenvalue weighted by Gasteiger charge is 2.27. The van der Waals surface area contributed by atoms with Crippen molar-refractivity contribution in [3.63, 3.8) is 0 Å². The second-order valence-electron chi connectivity index (χ2n) is 3.83. The van der Waals surface area contributed by atoms with Gasteiger partial charge in [0.05, 0.1) is 22.3 Å². The van der Waals surface area contributed by atoms with Crippen LogP contribution in [0.1, 0.15) is 0 Å². The number of sulfonamides is 1. The first-order valence-corrected chi connectivity index (χ1v) is 8.67. The molecule has 0 aliphatic carbocycles. The molecule has 0 bridgehead atoms. The average molecular weight is 348 g/mol. The number of nitrogens with zero attached hydrogens (tertiary/aromatic N) is 1. The summed E-state index contributed by atoms with van der Waals surface area (Å²) in [6.07, 6.45) is 1.50. The van der Waals surface area contributed by atoms with Crippen LogP contribution in [0.25, 0.3) is 0 Å². The average Bonchev–Trinajstić information content (AvgIpc) is 2.94. The predicted molar refractivity (Wildman–Crippen MR) is 85.5 cm³/mol. The van der Waals surface area contributed by atoms with E-state index in [9.17, 15) is 8.42 Å². The Balaban J connectivity index is 2.58. The zero-order chi connectivity index (χ0) is 14.8. The molecule has 3 nitrogen and oxygen atoms in total. The Hall–Kier alpha value is -1.01. The molecule has 0 radical (unpaired) electrons. The highest BCUT2D eigenvalue weighted by molar-refractivity contribution is 7.94. The normalized spacial score (nSPS) is 11.3. The Morgan fingerprint density at radius 2 is 2.00 bits per heavy atom. The van der Waals surface area contributed by atoms with Gasteiger partial charge < -0.3 is 0 Å². The molecule has 0 aliphatic rings. The van der Waals surface area contributed by atoms with Crippen LogP contribution in [-0.2, 0) is 10.0 Å². The lowest BCUT2D eigenvalue weighted by Crippen LogP contribution is -2.30. The third-order valence-electron chi connectivity index (χ3n) is 2.53. The maximum atomic E-state index is 12.6. The summed E-state index contributed by atoms with van der Waals surface area (Å²) in [5, 5.41) is 2.22. The van der Waals surface area contributed by atoms with Crippen LogP contribution in [0.3, 0.4) is 0 Å². The minimum atomic E-state index is -3.67. The molecule has 2 aromatic rings. The van der Waals surface area contributed by atoms with Crippen molar-refractivity contribution >= 4 is 50.2 Å². The highest BCUT2D eigenvalue weighted by Crippen LogP contribution is 2.35. The molecule has 1 heterocycles. The van der Waals surface area contributed by atoms with Crippen molar-refractivity contribution in [3.05, 3.63) is 58.4 Å². The van der Waals surface area contributed by atoms with Gasteiger partial charge in [-0.1, -0.05) is 41.4 Å². The number of halogens is 2. The quantitative estimate of drug-likeness (QED) is 0.750. The van der Waals surface area contributed by atoms with Gasteiger partial charge in [0, 0.05) is 0 Å². The minimum absolute atomic E-state index is 0.111. The number of benzene rings is 1. The van der Waals surface area contributed by atoms with Gasteiger partial charge in [0.2, 0.25) is 0 Å². The van der Waals surface area contributed by atoms with Crippen molar-refractivity contribution in [3.8, 4) is 0 Å². The first-order valence-electron chi connectivity index (χ1n) is 5.59. The van der Waals surface area contributed by atoms with Gasteiger partial charge in [-0.15, -0.1) is 17.9 Å². The monoisotopic (exact) mass is 347 g/mol. The summed E-state index contributed by atoms with van der Waals surface area (Å²) < 4.78 is 26.7. The molecule has 0 amide bonds. The van der Waals surface area contributed by atoms with E-state index < -0.39 is 10.0 Å². The minimum Gasteiger partial charge on any atom is -0.260 e. The van der Waals surface area contributed by atoms with Crippen LogP contribution in [0, 0.1) is 0 Å². The van der Waals surface area contributed by atoms with Crippen LogP contribution in [0.5, 0.6) is 0 Å². The Labute approximate surface area is 132 Å². The van der Waals surface area contributed by atoms with E-state index in [1.165, 1.54) is 10.4 Å². The van der Waals surface area contributed by atoms with Crippen LogP contribution in [0.4, 0.5) is 5.69 Å². The summed E-state index contributed by atoms with van der Waals surface area (Å²) in [4.78, 5) is 0. The molecule has 0 atom stereocenters. The van der Waals surface area contributed by atoms with Gasteiger partial charge in [-0.05, 0) is 23.6 Å². The van der Waals surface area contributed by atoms with E-state index in [0.29, 0.717) is 10.7 Å². The lowest BCUT2D eigenvalue weighted by atomic mass is 10.3. The maximum absolute atomic E-state index is 12.6. The molecule has 1 aromatic heterocycles. The molecule has 0 spiro atoms. The first-order chi connectivity index (χ1) is 9.48. The first kappa shape index (κ1) is 15.4. The van der Waals surface area contributed by atoms with Crippen molar-refractivity contribution in [1.29, 1.82) is 0 Å². The predicted octanol–water partition coefficient (Wildman–Crippen LogP) is 4.44. The fourth-order valence-corrected chi connectivity index (χ4v) is 4.65. The Morgan fingerprint density at radius 3 is 2.60 bits per heavy atom. The zero-order valence-electron chi connectivity index (χ0n) is 10.3. The van der Waals surface area contributed by atoms with E-state index in [2.05, 4.69) is 6.58 Å². The van der Waals surface area contributed by atoms with E-state index >= 15 is 0 Å². The van der Waals surface area contributed by atoms with Gasteiger partial charge in [-0.25, -0.2) is 8.42 Å². The standard InChI is InChI=1S/C13H11Cl2NO2S2/c1-2-8-16(11-6-3-5-10(14)13(11)15)20(17,18)12-7-4-9-19-12/h2-7,9H,1,8H2. The number of thiophene rings is 1. The number of rotatable bonds is 5. The van der Waals surface area contributed by atoms with Gasteiger partial charge >= 0.3 is 0 Å². The molecule has 0 unspecified atom stereocenters. The molecular weight excluding hydrogens is 337 g/mol. The van der Waals surface area contributed by atoms with Gasteiger partial charge in [0.25, 0.3) is 10.0 Å². The molecule has 0 aliphatic heterocycles. The Kier molecular flexibility index (Phi) is 4.75. The second kappa shape index (κ2) is 6.18. The molecule has 0 saturated carbocycles. The maximum Gasteiger partial charge on any atom is 0.274 e. The van der Waals surface area contributed by atoms with Gasteiger partial charge in [-0.2, -0.15) is 0 Å². The molecule has 106 valence electrons. The van der Waals surface area contributed by atoms with Crippen LogP contribution >= 0.6 is 34.5 Å². The number of hydrogen-bond acceptors (Lipinski definition) is 3. The van der Waals surface area contributed by atoms with Crippen molar-refractivity contribution in [2.24, 2.45) is 0 Å². The lowest BCUT2D eigenvalue weighted by Gasteiger charge is -2.23. The van der Waals surface area contributed by atoms with E-state index in [4.69, 9.17) is 23.2 Å². The third-order valence-corrected chi connectivity index (χ3v) is 6.50. The molecule has 1 aromatic carbocycles. The van der Waals surface area contributed by atoms with Gasteiger partial charge in [-0.3, -0.25) is 4.31 Å². The summed E-state index contributed by atoms with van der Waals surface area (Å²) in [5.74, 6) is 0. The van der Waals surface area contributed by atoms with Gasteiger partial charge in [0.15, 0.2) is 0 Å². The zero-order valence-corrected chi connectivity index (χ0v) is 13.4. The lowest BCUT2D eigenvalue weighted by molar-refractivity contribution is 0.595. The van der Waals surface area contributed by atoms with Gasteiger partial charge in [0.1, 0.15) is 4.21 Å². The summed E-state index contributed by atoms with van der Waals surface area (Å²) in [7, 11) is -3.67. The van der Waals surface area contributed by atoms with E-state index in [1.54, 1.807) is 35.7 Å². The molecule has 0 saturated heterocycles. The van der Waals surface area contributed by atoms with Crippen LogP contribution in [0.2, 0.25) is 10.0 Å². The fraction of sp³-hybridized carbons (Fsp3) is 0.0769. The topological polar surface area (TPSA) is 37.4 Å². The van der Waals surface area contributed by atoms with E-state index in [-0.39, 0.29) is 15.8 Å². The third kappa shape index (κ3) is 2.86. The summed E-state index contributed by atoms with van der Waals surface area (Å²) in [6.45, 7) is 3.71. The van der Waals surface area contributed by atoms with Crippen molar-refractivity contribution in [2.75, 3.05) is 10.8 Å². The smallest absolute Gasteiger partial charge is 0.260 e. The number of hydrogen-bond donors (Lipinski definition) is 0. The van der Waals surface area contributed by atoms with Crippen LogP contribution in [0.15, 0.2) is 52.6 Å². The Morgan fingerprint density at radius 1 is 1.25 bits per heavy atom. The van der Waals surface area contributed by atoms with Crippen molar-refractivity contribution in [2.45, 2.75) is 4.21 Å². The van der Waals surface area contributed by atoms with Crippen LogP contribution < -0.4 is 4.31 Å². The molecule has 0 N–H and O–H groups in total. The summed E-state index contributed by atoms with van der Waals surface area (Å²) in [6, 6.07) is 8.11. The van der Waals surface area contributed by atoms with Crippen LogP contribution in [-0.4, -0.2) is 15.0 Å². The molecule has 0 fully saturated rings. The summed E-state index contributed by atoms with van der Waals surface area (Å²) in [5.41, 5.74) is 0.340. The second-order valence-corrected chi connectivity index (χ2v) is 7.65. The fourth-order valence-electron chi connectivity index (χ4n) is 1.65. The number of anilines is 1. The van der Waals surface area contributed by atoms with Crippen molar-refractivity contribution < 1.29 is 8.42 Å². The Bertz CT molecular complexity index is 712. The summed E-state index contributed by atoms with van der Waals surface area (Å²) >= 11 is 13.2. The van der Waals surface area contributed by atoms with E-state index in [0.717, 1.165) is 11.3 Å². The van der Waals surface area contributed by atoms with Crippen molar-refractivity contribution in [1.82, 2.24) is 0 Å².